The van der Waals surface area contributed by atoms with Crippen molar-refractivity contribution >= 4 is 11.3 Å². The zero-order chi connectivity index (χ0) is 10.7. The van der Waals surface area contributed by atoms with E-state index in [1.807, 2.05) is 6.92 Å². The molecule has 0 aliphatic carbocycles. The van der Waals surface area contributed by atoms with Crippen LogP contribution in [0.15, 0.2) is 5.38 Å². The van der Waals surface area contributed by atoms with Crippen LogP contribution in [-0.4, -0.2) is 18.2 Å². The second kappa shape index (κ2) is 5.05. The molecule has 2 unspecified atom stereocenters. The van der Waals surface area contributed by atoms with Crippen LogP contribution in [0.3, 0.4) is 0 Å². The molecule has 1 aliphatic heterocycles. The molecule has 1 aliphatic rings. The summed E-state index contributed by atoms with van der Waals surface area (Å²) in [7, 11) is 0. The maximum Gasteiger partial charge on any atom is 0.0932 e. The predicted octanol–water partition coefficient (Wildman–Crippen LogP) is 2.13. The zero-order valence-electron chi connectivity index (χ0n) is 9.11. The Morgan fingerprint density at radius 3 is 3.20 bits per heavy atom. The lowest BCUT2D eigenvalue weighted by atomic mass is 9.99. The van der Waals surface area contributed by atoms with Gasteiger partial charge in [0.05, 0.1) is 10.7 Å². The van der Waals surface area contributed by atoms with Crippen LogP contribution in [0.2, 0.25) is 0 Å². The molecule has 2 N–H and O–H groups in total. The van der Waals surface area contributed by atoms with Crippen molar-refractivity contribution in [3.05, 3.63) is 16.1 Å². The molecule has 1 aromatic heterocycles. The first-order chi connectivity index (χ1) is 7.25. The summed E-state index contributed by atoms with van der Waals surface area (Å²) in [4.78, 5) is 4.54. The highest BCUT2D eigenvalue weighted by Gasteiger charge is 2.16. The fourth-order valence-corrected chi connectivity index (χ4v) is 2.86. The van der Waals surface area contributed by atoms with Crippen molar-refractivity contribution in [3.8, 4) is 0 Å². The van der Waals surface area contributed by atoms with Gasteiger partial charge in [-0.1, -0.05) is 0 Å². The molecular formula is C11H18N2OS. The van der Waals surface area contributed by atoms with Gasteiger partial charge in [-0.25, -0.2) is 4.98 Å². The number of hydrogen-bond acceptors (Lipinski definition) is 4. The third-order valence-corrected chi connectivity index (χ3v) is 3.64. The molecule has 1 saturated heterocycles. The molecule has 1 fully saturated rings. The SMILES string of the molecule is CC(N)c1csc(CC2CCCOC2)n1. The highest BCUT2D eigenvalue weighted by Crippen LogP contribution is 2.22. The molecule has 0 aromatic carbocycles. The summed E-state index contributed by atoms with van der Waals surface area (Å²) in [5.74, 6) is 0.658. The Kier molecular flexibility index (Phi) is 3.72. The van der Waals surface area contributed by atoms with E-state index in [2.05, 4.69) is 10.4 Å². The number of nitrogens with zero attached hydrogens (tertiary/aromatic N) is 1. The third-order valence-electron chi connectivity index (χ3n) is 2.75. The molecule has 2 atom stereocenters. The molecule has 0 radical (unpaired) electrons. The van der Waals surface area contributed by atoms with E-state index in [1.165, 1.54) is 17.8 Å². The monoisotopic (exact) mass is 226 g/mol. The predicted molar refractivity (Wildman–Crippen MR) is 62.0 cm³/mol. The van der Waals surface area contributed by atoms with Gasteiger partial charge < -0.3 is 10.5 Å². The van der Waals surface area contributed by atoms with Crippen LogP contribution >= 0.6 is 11.3 Å². The van der Waals surface area contributed by atoms with Crippen LogP contribution in [0, 0.1) is 5.92 Å². The van der Waals surface area contributed by atoms with E-state index in [1.54, 1.807) is 11.3 Å². The van der Waals surface area contributed by atoms with Crippen LogP contribution < -0.4 is 5.73 Å². The van der Waals surface area contributed by atoms with Crippen molar-refractivity contribution in [2.75, 3.05) is 13.2 Å². The smallest absolute Gasteiger partial charge is 0.0932 e. The molecule has 2 rings (SSSR count). The Hall–Kier alpha value is -0.450. The van der Waals surface area contributed by atoms with E-state index in [0.717, 1.165) is 25.3 Å². The first kappa shape index (κ1) is 11.0. The second-order valence-electron chi connectivity index (χ2n) is 4.24. The maximum atomic E-state index is 5.78. The largest absolute Gasteiger partial charge is 0.381 e. The van der Waals surface area contributed by atoms with E-state index in [-0.39, 0.29) is 6.04 Å². The van der Waals surface area contributed by atoms with Gasteiger partial charge in [0.2, 0.25) is 0 Å². The summed E-state index contributed by atoms with van der Waals surface area (Å²) in [5.41, 5.74) is 6.80. The fraction of sp³-hybridized carbons (Fsp3) is 0.727. The van der Waals surface area contributed by atoms with Gasteiger partial charge in [0, 0.05) is 31.1 Å². The molecule has 0 spiro atoms. The lowest BCUT2D eigenvalue weighted by Crippen LogP contribution is -2.19. The Balaban J connectivity index is 1.91. The number of rotatable bonds is 3. The molecule has 3 nitrogen and oxygen atoms in total. The average molecular weight is 226 g/mol. The molecule has 0 bridgehead atoms. The molecule has 15 heavy (non-hydrogen) atoms. The van der Waals surface area contributed by atoms with Crippen molar-refractivity contribution in [1.29, 1.82) is 0 Å². The summed E-state index contributed by atoms with van der Waals surface area (Å²) in [6.45, 7) is 3.80. The van der Waals surface area contributed by atoms with E-state index in [0.29, 0.717) is 5.92 Å². The lowest BCUT2D eigenvalue weighted by molar-refractivity contribution is 0.0550. The molecular weight excluding hydrogens is 208 g/mol. The van der Waals surface area contributed by atoms with Gasteiger partial charge in [0.1, 0.15) is 0 Å². The quantitative estimate of drug-likeness (QED) is 0.859. The minimum atomic E-state index is 0.0533. The van der Waals surface area contributed by atoms with Crippen molar-refractivity contribution < 1.29 is 4.74 Å². The van der Waals surface area contributed by atoms with Gasteiger partial charge in [0.25, 0.3) is 0 Å². The van der Waals surface area contributed by atoms with Crippen LogP contribution in [0.5, 0.6) is 0 Å². The normalized spacial score (nSPS) is 24.0. The molecule has 0 saturated carbocycles. The standard InChI is InChI=1S/C11H18N2OS/c1-8(12)10-7-15-11(13-10)5-9-3-2-4-14-6-9/h7-9H,2-6,12H2,1H3. The van der Waals surface area contributed by atoms with Gasteiger partial charge in [-0.15, -0.1) is 11.3 Å². The molecule has 0 amide bonds. The number of ether oxygens (including phenoxy) is 1. The summed E-state index contributed by atoms with van der Waals surface area (Å²) in [6, 6.07) is 0.0533. The summed E-state index contributed by atoms with van der Waals surface area (Å²) in [6.07, 6.45) is 3.51. The van der Waals surface area contributed by atoms with Crippen LogP contribution in [-0.2, 0) is 11.2 Å². The number of hydrogen-bond donors (Lipinski definition) is 1. The number of aromatic nitrogens is 1. The van der Waals surface area contributed by atoms with Crippen molar-refractivity contribution in [3.63, 3.8) is 0 Å². The topological polar surface area (TPSA) is 48.1 Å². The molecule has 4 heteroatoms. The number of nitrogens with two attached hydrogens (primary N) is 1. The van der Waals surface area contributed by atoms with E-state index in [9.17, 15) is 0 Å². The minimum Gasteiger partial charge on any atom is -0.381 e. The zero-order valence-corrected chi connectivity index (χ0v) is 9.93. The average Bonchev–Trinajstić information content (AvgIpc) is 2.68. The lowest BCUT2D eigenvalue weighted by Gasteiger charge is -2.20. The van der Waals surface area contributed by atoms with Gasteiger partial charge in [-0.3, -0.25) is 0 Å². The van der Waals surface area contributed by atoms with Crippen LogP contribution in [0.1, 0.15) is 36.5 Å². The Morgan fingerprint density at radius 2 is 2.60 bits per heavy atom. The van der Waals surface area contributed by atoms with Crippen molar-refractivity contribution in [2.45, 2.75) is 32.2 Å². The van der Waals surface area contributed by atoms with Gasteiger partial charge in [-0.2, -0.15) is 0 Å². The first-order valence-corrected chi connectivity index (χ1v) is 6.41. The first-order valence-electron chi connectivity index (χ1n) is 5.53. The summed E-state index contributed by atoms with van der Waals surface area (Å²) >= 11 is 1.72. The van der Waals surface area contributed by atoms with E-state index in [4.69, 9.17) is 10.5 Å². The maximum absolute atomic E-state index is 5.78. The van der Waals surface area contributed by atoms with Crippen molar-refractivity contribution in [1.82, 2.24) is 4.98 Å². The van der Waals surface area contributed by atoms with Crippen molar-refractivity contribution in [2.24, 2.45) is 11.7 Å². The van der Waals surface area contributed by atoms with E-state index >= 15 is 0 Å². The van der Waals surface area contributed by atoms with E-state index < -0.39 is 0 Å². The van der Waals surface area contributed by atoms with Crippen LogP contribution in [0.4, 0.5) is 0 Å². The molecule has 1 aromatic rings. The third kappa shape index (κ3) is 3.00. The molecule has 84 valence electrons. The molecule has 2 heterocycles. The summed E-state index contributed by atoms with van der Waals surface area (Å²) in [5, 5.41) is 3.28. The second-order valence-corrected chi connectivity index (χ2v) is 5.18. The number of thiazole rings is 1. The van der Waals surface area contributed by atoms with Gasteiger partial charge in [0.15, 0.2) is 0 Å². The van der Waals surface area contributed by atoms with Crippen LogP contribution in [0.25, 0.3) is 0 Å². The van der Waals surface area contributed by atoms with Gasteiger partial charge >= 0.3 is 0 Å². The van der Waals surface area contributed by atoms with Gasteiger partial charge in [-0.05, 0) is 25.7 Å². The Bertz CT molecular complexity index is 305. The summed E-state index contributed by atoms with van der Waals surface area (Å²) < 4.78 is 5.46. The Morgan fingerprint density at radius 1 is 1.73 bits per heavy atom. The highest BCUT2D eigenvalue weighted by molar-refractivity contribution is 7.09. The minimum absolute atomic E-state index is 0.0533. The fourth-order valence-electron chi connectivity index (χ4n) is 1.84. The highest BCUT2D eigenvalue weighted by atomic mass is 32.1. The Labute approximate surface area is 94.7 Å².